The van der Waals surface area contributed by atoms with Crippen LogP contribution in [0.15, 0.2) is 48.8 Å². The lowest BCUT2D eigenvalue weighted by Crippen LogP contribution is -2.15. The van der Waals surface area contributed by atoms with Crippen molar-refractivity contribution in [2.75, 3.05) is 17.2 Å². The summed E-state index contributed by atoms with van der Waals surface area (Å²) in [4.78, 5) is 20.2. The smallest absolute Gasteiger partial charge is 0.224 e. The highest BCUT2D eigenvalue weighted by molar-refractivity contribution is 5.91. The van der Waals surface area contributed by atoms with Gasteiger partial charge in [0.2, 0.25) is 5.91 Å². The lowest BCUT2D eigenvalue weighted by atomic mass is 10.2. The molecule has 0 aliphatic rings. The van der Waals surface area contributed by atoms with Crippen LogP contribution in [0.1, 0.15) is 12.8 Å². The van der Waals surface area contributed by atoms with Crippen LogP contribution in [0.4, 0.5) is 20.3 Å². The Morgan fingerprint density at radius 2 is 1.76 bits per heavy atom. The van der Waals surface area contributed by atoms with E-state index in [4.69, 9.17) is 0 Å². The van der Waals surface area contributed by atoms with Crippen LogP contribution in [-0.2, 0) is 4.79 Å². The molecular formula is C18H16F2N4O. The summed E-state index contributed by atoms with van der Waals surface area (Å²) in [7, 11) is 0. The van der Waals surface area contributed by atoms with Gasteiger partial charge in [-0.2, -0.15) is 0 Å². The van der Waals surface area contributed by atoms with E-state index in [9.17, 15) is 13.6 Å². The zero-order valence-corrected chi connectivity index (χ0v) is 13.3. The molecule has 2 N–H and O–H groups in total. The van der Waals surface area contributed by atoms with Crippen molar-refractivity contribution in [3.8, 4) is 0 Å². The molecule has 1 amide bonds. The first-order valence-electron chi connectivity index (χ1n) is 7.82. The number of anilines is 2. The molecule has 0 spiro atoms. The van der Waals surface area contributed by atoms with Crippen LogP contribution in [-0.4, -0.2) is 22.4 Å². The van der Waals surface area contributed by atoms with Gasteiger partial charge in [0.15, 0.2) is 0 Å². The van der Waals surface area contributed by atoms with Gasteiger partial charge in [-0.15, -0.1) is 0 Å². The highest BCUT2D eigenvalue weighted by atomic mass is 19.1. The second-order valence-electron chi connectivity index (χ2n) is 5.41. The molecule has 1 heterocycles. The molecule has 0 aliphatic heterocycles. The minimum atomic E-state index is -0.793. The predicted octanol–water partition coefficient (Wildman–Crippen LogP) is 3.74. The second-order valence-corrected chi connectivity index (χ2v) is 5.41. The Hall–Kier alpha value is -3.09. The van der Waals surface area contributed by atoms with E-state index >= 15 is 0 Å². The number of para-hydroxylation sites is 2. The highest BCUT2D eigenvalue weighted by Gasteiger charge is 2.11. The molecule has 2 aromatic carbocycles. The minimum absolute atomic E-state index is 0.129. The molecule has 25 heavy (non-hydrogen) atoms. The van der Waals surface area contributed by atoms with Crippen molar-refractivity contribution >= 4 is 28.3 Å². The Labute approximate surface area is 143 Å². The predicted molar refractivity (Wildman–Crippen MR) is 92.2 cm³/mol. The first-order chi connectivity index (χ1) is 12.1. The topological polar surface area (TPSA) is 66.9 Å². The summed E-state index contributed by atoms with van der Waals surface area (Å²) < 4.78 is 27.0. The summed E-state index contributed by atoms with van der Waals surface area (Å²) in [5.74, 6) is -1.35. The number of hydrogen-bond acceptors (Lipinski definition) is 4. The van der Waals surface area contributed by atoms with E-state index in [0.29, 0.717) is 18.8 Å². The third-order valence-corrected chi connectivity index (χ3v) is 3.64. The quantitative estimate of drug-likeness (QED) is 0.670. The first-order valence-corrected chi connectivity index (χ1v) is 7.82. The van der Waals surface area contributed by atoms with Gasteiger partial charge in [-0.05, 0) is 30.7 Å². The minimum Gasteiger partial charge on any atom is -0.369 e. The number of rotatable bonds is 6. The summed E-state index contributed by atoms with van der Waals surface area (Å²) in [6.07, 6.45) is 2.09. The number of nitrogens with zero attached hydrogens (tertiary/aromatic N) is 2. The van der Waals surface area contributed by atoms with Crippen molar-refractivity contribution in [3.05, 3.63) is 60.4 Å². The van der Waals surface area contributed by atoms with E-state index in [1.54, 1.807) is 0 Å². The second kappa shape index (κ2) is 7.65. The molecule has 0 fully saturated rings. The first kappa shape index (κ1) is 16.8. The van der Waals surface area contributed by atoms with Crippen LogP contribution in [0.5, 0.6) is 0 Å². The molecule has 128 valence electrons. The van der Waals surface area contributed by atoms with Gasteiger partial charge in [0.25, 0.3) is 0 Å². The molecule has 5 nitrogen and oxygen atoms in total. The molecular weight excluding hydrogens is 326 g/mol. The third kappa shape index (κ3) is 4.06. The lowest BCUT2D eigenvalue weighted by molar-refractivity contribution is -0.116. The van der Waals surface area contributed by atoms with E-state index < -0.39 is 23.2 Å². The van der Waals surface area contributed by atoms with Crippen molar-refractivity contribution in [2.24, 2.45) is 0 Å². The van der Waals surface area contributed by atoms with Crippen molar-refractivity contribution in [1.82, 2.24) is 9.97 Å². The largest absolute Gasteiger partial charge is 0.369 e. The van der Waals surface area contributed by atoms with Crippen LogP contribution < -0.4 is 10.6 Å². The van der Waals surface area contributed by atoms with Crippen molar-refractivity contribution in [3.63, 3.8) is 0 Å². The van der Waals surface area contributed by atoms with Gasteiger partial charge < -0.3 is 10.6 Å². The fourth-order valence-corrected chi connectivity index (χ4v) is 2.42. The number of halogens is 2. The average molecular weight is 342 g/mol. The van der Waals surface area contributed by atoms with E-state index in [-0.39, 0.29) is 6.42 Å². The fourth-order valence-electron chi connectivity index (χ4n) is 2.42. The van der Waals surface area contributed by atoms with E-state index in [0.717, 1.165) is 23.0 Å². The fraction of sp³-hybridized carbons (Fsp3) is 0.167. The lowest BCUT2D eigenvalue weighted by Gasteiger charge is -2.09. The van der Waals surface area contributed by atoms with Crippen molar-refractivity contribution in [1.29, 1.82) is 0 Å². The van der Waals surface area contributed by atoms with Gasteiger partial charge in [0.05, 0.1) is 5.52 Å². The number of aromatic nitrogens is 2. The highest BCUT2D eigenvalue weighted by Crippen LogP contribution is 2.19. The molecule has 0 saturated heterocycles. The number of hydrogen-bond donors (Lipinski definition) is 2. The van der Waals surface area contributed by atoms with Crippen molar-refractivity contribution < 1.29 is 13.6 Å². The Bertz CT molecular complexity index is 876. The van der Waals surface area contributed by atoms with Crippen LogP contribution in [0.3, 0.4) is 0 Å². The summed E-state index contributed by atoms with van der Waals surface area (Å²) in [5, 5.41) is 6.31. The van der Waals surface area contributed by atoms with Crippen LogP contribution in [0.25, 0.3) is 10.9 Å². The van der Waals surface area contributed by atoms with E-state index in [1.807, 2.05) is 24.3 Å². The normalized spacial score (nSPS) is 10.6. The monoisotopic (exact) mass is 342 g/mol. The van der Waals surface area contributed by atoms with Gasteiger partial charge in [0.1, 0.15) is 29.5 Å². The third-order valence-electron chi connectivity index (χ3n) is 3.64. The van der Waals surface area contributed by atoms with Gasteiger partial charge in [-0.25, -0.2) is 18.7 Å². The Morgan fingerprint density at radius 3 is 2.56 bits per heavy atom. The Kier molecular flexibility index (Phi) is 5.13. The van der Waals surface area contributed by atoms with E-state index in [1.165, 1.54) is 12.4 Å². The van der Waals surface area contributed by atoms with Gasteiger partial charge in [-0.3, -0.25) is 4.79 Å². The molecule has 3 aromatic rings. The summed E-state index contributed by atoms with van der Waals surface area (Å²) >= 11 is 0. The number of nitrogens with one attached hydrogen (secondary N) is 2. The number of carbonyl (C=O) groups excluding carboxylic acids is 1. The standard InChI is InChI=1S/C18H16F2N4O/c19-13-6-3-7-14(20)17(13)24-16(25)9-4-10-21-18-12-5-1-2-8-15(12)22-11-23-18/h1-3,5-8,11H,4,9-10H2,(H,24,25)(H,21,22,23). The molecule has 0 unspecified atom stereocenters. The summed E-state index contributed by atoms with van der Waals surface area (Å²) in [5.41, 5.74) is 0.412. The molecule has 0 bridgehead atoms. The SMILES string of the molecule is O=C(CCCNc1ncnc2ccccc12)Nc1c(F)cccc1F. The Balaban J connectivity index is 1.52. The van der Waals surface area contributed by atoms with Gasteiger partial charge in [0, 0.05) is 18.4 Å². The maximum Gasteiger partial charge on any atom is 0.224 e. The van der Waals surface area contributed by atoms with Crippen LogP contribution in [0, 0.1) is 11.6 Å². The number of carbonyl (C=O) groups is 1. The molecule has 0 saturated carbocycles. The summed E-state index contributed by atoms with van der Waals surface area (Å²) in [6, 6.07) is 11.0. The number of amides is 1. The maximum atomic E-state index is 13.5. The van der Waals surface area contributed by atoms with Crippen LogP contribution >= 0.6 is 0 Å². The van der Waals surface area contributed by atoms with Crippen LogP contribution in [0.2, 0.25) is 0 Å². The maximum absolute atomic E-state index is 13.5. The van der Waals surface area contributed by atoms with Crippen molar-refractivity contribution in [2.45, 2.75) is 12.8 Å². The molecule has 1 aromatic heterocycles. The zero-order chi connectivity index (χ0) is 17.6. The number of benzene rings is 2. The number of fused-ring (bicyclic) bond motifs is 1. The Morgan fingerprint density at radius 1 is 1.00 bits per heavy atom. The van der Waals surface area contributed by atoms with Gasteiger partial charge in [-0.1, -0.05) is 18.2 Å². The molecule has 0 aliphatic carbocycles. The zero-order valence-electron chi connectivity index (χ0n) is 13.3. The molecule has 7 heteroatoms. The average Bonchev–Trinajstić information content (AvgIpc) is 2.62. The summed E-state index contributed by atoms with van der Waals surface area (Å²) in [6.45, 7) is 0.494. The van der Waals surface area contributed by atoms with Gasteiger partial charge >= 0.3 is 0 Å². The van der Waals surface area contributed by atoms with E-state index in [2.05, 4.69) is 20.6 Å². The molecule has 0 radical (unpaired) electrons. The molecule has 0 atom stereocenters. The molecule has 3 rings (SSSR count).